The average molecular weight is 536 g/mol. The van der Waals surface area contributed by atoms with Gasteiger partial charge < -0.3 is 25.0 Å². The first-order valence-corrected chi connectivity index (χ1v) is 13.4. The number of aliphatic hydroxyl groups is 1. The normalized spacial score (nSPS) is 21.0. The van der Waals surface area contributed by atoms with E-state index < -0.39 is 17.8 Å². The third-order valence-electron chi connectivity index (χ3n) is 7.72. The topological polar surface area (TPSA) is 108 Å². The van der Waals surface area contributed by atoms with Crippen LogP contribution < -0.4 is 15.0 Å². The molecule has 0 radical (unpaired) electrons. The van der Waals surface area contributed by atoms with Crippen LogP contribution >= 0.6 is 0 Å². The van der Waals surface area contributed by atoms with E-state index >= 15 is 4.39 Å². The summed E-state index contributed by atoms with van der Waals surface area (Å²) in [5.41, 5.74) is 1.57. The van der Waals surface area contributed by atoms with E-state index in [2.05, 4.69) is 20.2 Å². The highest BCUT2D eigenvalue weighted by molar-refractivity contribution is 5.95. The molecule has 0 bridgehead atoms. The van der Waals surface area contributed by atoms with Crippen LogP contribution in [0.15, 0.2) is 42.2 Å². The smallest absolute Gasteiger partial charge is 0.253 e. The van der Waals surface area contributed by atoms with Crippen molar-refractivity contribution >= 4 is 17.6 Å². The molecule has 2 aromatic rings. The fourth-order valence-electron chi connectivity index (χ4n) is 5.58. The molecule has 1 unspecified atom stereocenters. The van der Waals surface area contributed by atoms with Crippen molar-refractivity contribution in [3.05, 3.63) is 70.6 Å². The zero-order chi connectivity index (χ0) is 27.7. The summed E-state index contributed by atoms with van der Waals surface area (Å²) in [5.74, 6) is -0.271. The highest BCUT2D eigenvalue weighted by Crippen LogP contribution is 2.36. The van der Waals surface area contributed by atoms with Gasteiger partial charge in [0.05, 0.1) is 18.6 Å². The molecule has 2 atom stereocenters. The van der Waals surface area contributed by atoms with E-state index in [0.717, 1.165) is 43.3 Å². The maximum atomic E-state index is 15.1. The summed E-state index contributed by atoms with van der Waals surface area (Å²) in [7, 11) is 1.75. The van der Waals surface area contributed by atoms with Crippen LogP contribution in [0.25, 0.3) is 0 Å². The number of carbonyl (C=O) groups is 2. The number of hydrogen-bond acceptors (Lipinski definition) is 7. The third-order valence-corrected chi connectivity index (χ3v) is 7.72. The lowest BCUT2D eigenvalue weighted by Gasteiger charge is -2.37. The molecule has 3 aliphatic rings. The number of nitrogens with one attached hydrogen (secondary N) is 1. The molecule has 1 saturated heterocycles. The summed E-state index contributed by atoms with van der Waals surface area (Å²) in [6.07, 6.45) is 7.34. The number of nitrogens with zero attached hydrogens (tertiary/aromatic N) is 4. The fraction of sp³-hybridized carbons (Fsp3) is 0.448. The van der Waals surface area contributed by atoms with Gasteiger partial charge in [0.2, 0.25) is 5.91 Å². The van der Waals surface area contributed by atoms with E-state index in [-0.39, 0.29) is 41.5 Å². The number of ether oxygens (including phenoxy) is 1. The summed E-state index contributed by atoms with van der Waals surface area (Å²) in [5, 5.41) is 13.0. The molecule has 1 aromatic heterocycles. The van der Waals surface area contributed by atoms with Crippen molar-refractivity contribution < 1.29 is 23.8 Å². The average Bonchev–Trinajstić information content (AvgIpc) is 2.92. The Morgan fingerprint density at radius 3 is 2.64 bits per heavy atom. The maximum absolute atomic E-state index is 15.1. The molecule has 2 N–H and O–H groups in total. The van der Waals surface area contributed by atoms with E-state index in [1.54, 1.807) is 24.1 Å². The molecule has 9 nitrogen and oxygen atoms in total. The molecule has 3 heterocycles. The minimum absolute atomic E-state index is 0.00209. The number of rotatable bonds is 5. The molecule has 206 valence electrons. The molecule has 1 aromatic carbocycles. The SMILES string of the molecule is Cc1cc(N2CCC(N(C)C(=O)c3cc(F)c4c(c3)[C@H](NC(=O)C3CC=CC=C3O)CCO4)CC2)nc(C)n1. The van der Waals surface area contributed by atoms with Crippen molar-refractivity contribution in [2.24, 2.45) is 5.92 Å². The Labute approximate surface area is 227 Å². The number of amides is 2. The molecule has 39 heavy (non-hydrogen) atoms. The molecule has 1 fully saturated rings. The lowest BCUT2D eigenvalue weighted by Crippen LogP contribution is -2.46. The molecule has 10 heteroatoms. The number of allylic oxidation sites excluding steroid dienone is 3. The van der Waals surface area contributed by atoms with Gasteiger partial charge in [-0.05, 0) is 51.3 Å². The van der Waals surface area contributed by atoms with Crippen LogP contribution in [0.5, 0.6) is 5.75 Å². The van der Waals surface area contributed by atoms with Gasteiger partial charge in [0.25, 0.3) is 5.91 Å². The second-order valence-corrected chi connectivity index (χ2v) is 10.4. The van der Waals surface area contributed by atoms with E-state index in [1.807, 2.05) is 26.0 Å². The van der Waals surface area contributed by atoms with Crippen LogP contribution in [0, 0.1) is 25.6 Å². The van der Waals surface area contributed by atoms with Crippen molar-refractivity contribution in [3.8, 4) is 5.75 Å². The summed E-state index contributed by atoms with van der Waals surface area (Å²) >= 11 is 0. The van der Waals surface area contributed by atoms with Crippen LogP contribution in [0.3, 0.4) is 0 Å². The number of fused-ring (bicyclic) bond motifs is 1. The van der Waals surface area contributed by atoms with Crippen LogP contribution in [-0.4, -0.2) is 64.6 Å². The predicted molar refractivity (Wildman–Crippen MR) is 144 cm³/mol. The summed E-state index contributed by atoms with van der Waals surface area (Å²) in [6.45, 7) is 5.55. The Kier molecular flexibility index (Phi) is 7.54. The van der Waals surface area contributed by atoms with Crippen LogP contribution in [0.1, 0.15) is 59.2 Å². The van der Waals surface area contributed by atoms with Crippen LogP contribution in [0.4, 0.5) is 10.2 Å². The van der Waals surface area contributed by atoms with Gasteiger partial charge in [0.1, 0.15) is 17.4 Å². The van der Waals surface area contributed by atoms with Crippen molar-refractivity contribution in [3.63, 3.8) is 0 Å². The monoisotopic (exact) mass is 535 g/mol. The minimum Gasteiger partial charge on any atom is -0.511 e. The predicted octanol–water partition coefficient (Wildman–Crippen LogP) is 3.93. The number of hydrogen-bond donors (Lipinski definition) is 2. The molecule has 2 amide bonds. The molecular weight excluding hydrogens is 501 g/mol. The van der Waals surface area contributed by atoms with Gasteiger partial charge in [-0.3, -0.25) is 9.59 Å². The second kappa shape index (κ2) is 11.0. The quantitative estimate of drug-likeness (QED) is 0.597. The first-order chi connectivity index (χ1) is 18.7. The zero-order valence-electron chi connectivity index (χ0n) is 22.5. The zero-order valence-corrected chi connectivity index (χ0v) is 22.5. The summed E-state index contributed by atoms with van der Waals surface area (Å²) in [6, 6.07) is 4.27. The van der Waals surface area contributed by atoms with Crippen LogP contribution in [-0.2, 0) is 4.79 Å². The lowest BCUT2D eigenvalue weighted by molar-refractivity contribution is -0.125. The fourth-order valence-corrected chi connectivity index (χ4v) is 5.58. The highest BCUT2D eigenvalue weighted by Gasteiger charge is 2.32. The van der Waals surface area contributed by atoms with Crippen molar-refractivity contribution in [1.29, 1.82) is 0 Å². The second-order valence-electron chi connectivity index (χ2n) is 10.4. The number of halogens is 1. The number of carbonyl (C=O) groups excluding carboxylic acids is 2. The maximum Gasteiger partial charge on any atom is 0.253 e. The van der Waals surface area contributed by atoms with Crippen molar-refractivity contribution in [1.82, 2.24) is 20.2 Å². The van der Waals surface area contributed by atoms with Crippen molar-refractivity contribution in [2.75, 3.05) is 31.6 Å². The summed E-state index contributed by atoms with van der Waals surface area (Å²) in [4.78, 5) is 39.2. The summed E-state index contributed by atoms with van der Waals surface area (Å²) < 4.78 is 20.7. The number of anilines is 1. The van der Waals surface area contributed by atoms with E-state index in [0.29, 0.717) is 18.4 Å². The number of benzene rings is 1. The van der Waals surface area contributed by atoms with Gasteiger partial charge in [0, 0.05) is 55.5 Å². The van der Waals surface area contributed by atoms with Gasteiger partial charge in [0.15, 0.2) is 11.6 Å². The molecule has 0 saturated carbocycles. The van der Waals surface area contributed by atoms with E-state index in [4.69, 9.17) is 4.74 Å². The van der Waals surface area contributed by atoms with Gasteiger partial charge >= 0.3 is 0 Å². The first-order valence-electron chi connectivity index (χ1n) is 13.4. The Bertz CT molecular complexity index is 1310. The van der Waals surface area contributed by atoms with Gasteiger partial charge in [-0.25, -0.2) is 14.4 Å². The number of aryl methyl sites for hydroxylation is 2. The Balaban J connectivity index is 1.29. The van der Waals surface area contributed by atoms with Gasteiger partial charge in [-0.1, -0.05) is 12.2 Å². The number of piperidine rings is 1. The Hall–Kier alpha value is -3.95. The van der Waals surface area contributed by atoms with E-state index in [1.165, 1.54) is 12.1 Å². The number of aliphatic hydroxyl groups excluding tert-OH is 1. The standard InChI is InChI=1S/C29H34FN5O4/c1-17-14-26(32-18(2)31-17)35-11-8-20(9-12-35)34(3)29(38)19-15-22-24(10-13-39-27(22)23(30)16-19)33-28(37)21-6-4-5-7-25(21)36/h4-5,7,14-16,20-21,24,36H,6,8-13H2,1-3H3,(H,33,37)/t21?,24-/m1/s1. The molecule has 2 aliphatic heterocycles. The largest absolute Gasteiger partial charge is 0.511 e. The molecule has 5 rings (SSSR count). The van der Waals surface area contributed by atoms with Crippen molar-refractivity contribution in [2.45, 2.75) is 51.6 Å². The third kappa shape index (κ3) is 5.60. The van der Waals surface area contributed by atoms with Crippen LogP contribution in [0.2, 0.25) is 0 Å². The van der Waals surface area contributed by atoms with Gasteiger partial charge in [-0.15, -0.1) is 0 Å². The Morgan fingerprint density at radius 1 is 1.15 bits per heavy atom. The van der Waals surface area contributed by atoms with Gasteiger partial charge in [-0.2, -0.15) is 0 Å². The molecular formula is C29H34FN5O4. The lowest BCUT2D eigenvalue weighted by atomic mass is 9.94. The Morgan fingerprint density at radius 2 is 1.92 bits per heavy atom. The molecule has 0 spiro atoms. The molecule has 1 aliphatic carbocycles. The minimum atomic E-state index is -0.692. The highest BCUT2D eigenvalue weighted by atomic mass is 19.1. The first kappa shape index (κ1) is 26.6. The number of aromatic nitrogens is 2. The van der Waals surface area contributed by atoms with E-state index in [9.17, 15) is 14.7 Å².